The van der Waals surface area contributed by atoms with E-state index < -0.39 is 0 Å². The number of anilines is 1. The Kier molecular flexibility index (Phi) is 5.55. The number of benzene rings is 1. The third-order valence-corrected chi connectivity index (χ3v) is 7.61. The average Bonchev–Trinajstić information content (AvgIpc) is 2.89. The first kappa shape index (κ1) is 21.9. The molecular weight excluding hydrogens is 441 g/mol. The maximum absolute atomic E-state index is 14.6. The summed E-state index contributed by atoms with van der Waals surface area (Å²) in [7, 11) is 0. The second kappa shape index (κ2) is 8.87. The molecule has 0 N–H and O–H groups in total. The Morgan fingerprint density at radius 1 is 0.971 bits per heavy atom. The van der Waals surface area contributed by atoms with Crippen molar-refractivity contribution >= 4 is 16.9 Å². The normalized spacial score (nSPS) is 18.6. The van der Waals surface area contributed by atoms with Crippen LogP contribution in [0.15, 0.2) is 59.8 Å². The topological polar surface area (TPSA) is 63.9 Å². The third-order valence-electron chi connectivity index (χ3n) is 7.61. The number of nitrogens with zero attached hydrogens (tertiary/aromatic N) is 5. The highest BCUT2D eigenvalue weighted by molar-refractivity contribution is 5.71. The lowest BCUT2D eigenvalue weighted by molar-refractivity contribution is 0.459. The number of aromatic nitrogens is 4. The van der Waals surface area contributed by atoms with Crippen LogP contribution in [0.1, 0.15) is 60.0 Å². The molecule has 1 saturated heterocycles. The summed E-state index contributed by atoms with van der Waals surface area (Å²) in [6.45, 7) is 3.36. The molecule has 0 spiro atoms. The minimum absolute atomic E-state index is 0.00188. The van der Waals surface area contributed by atoms with E-state index in [2.05, 4.69) is 25.9 Å². The first-order chi connectivity index (χ1) is 17.1. The van der Waals surface area contributed by atoms with Gasteiger partial charge in [0.1, 0.15) is 11.3 Å². The number of hydrogen-bond acceptors (Lipinski definition) is 5. The van der Waals surface area contributed by atoms with Crippen LogP contribution >= 0.6 is 0 Å². The van der Waals surface area contributed by atoms with Crippen molar-refractivity contribution in [2.24, 2.45) is 0 Å². The van der Waals surface area contributed by atoms with Gasteiger partial charge in [-0.3, -0.25) is 19.3 Å². The molecule has 6 nitrogen and oxygen atoms in total. The maximum atomic E-state index is 14.6. The lowest BCUT2D eigenvalue weighted by Crippen LogP contribution is -2.37. The van der Waals surface area contributed by atoms with Crippen molar-refractivity contribution in [3.63, 3.8) is 0 Å². The molecule has 2 aliphatic rings. The number of para-hydroxylation sites is 1. The Morgan fingerprint density at radius 3 is 2.63 bits per heavy atom. The van der Waals surface area contributed by atoms with Gasteiger partial charge in [-0.2, -0.15) is 0 Å². The number of piperidine rings is 1. The molecule has 0 unspecified atom stereocenters. The maximum Gasteiger partial charge on any atom is 0.256 e. The number of halogens is 1. The van der Waals surface area contributed by atoms with Gasteiger partial charge in [-0.15, -0.1) is 0 Å². The molecule has 0 saturated carbocycles. The quantitative estimate of drug-likeness (QED) is 0.425. The van der Waals surface area contributed by atoms with E-state index in [1.807, 2.05) is 29.7 Å². The molecule has 1 fully saturated rings. The molecule has 1 aliphatic heterocycles. The van der Waals surface area contributed by atoms with Gasteiger partial charge in [0.15, 0.2) is 5.65 Å². The summed E-state index contributed by atoms with van der Waals surface area (Å²) in [4.78, 5) is 30.0. The predicted octanol–water partition coefficient (Wildman–Crippen LogP) is 4.94. The van der Waals surface area contributed by atoms with Crippen molar-refractivity contribution in [3.8, 4) is 0 Å². The molecule has 0 radical (unpaired) electrons. The van der Waals surface area contributed by atoms with E-state index in [-0.39, 0.29) is 23.3 Å². The summed E-state index contributed by atoms with van der Waals surface area (Å²) < 4.78 is 16.4. The van der Waals surface area contributed by atoms with Gasteiger partial charge in [-0.25, -0.2) is 9.37 Å². The minimum Gasteiger partial charge on any atom is -0.369 e. The number of pyridine rings is 2. The number of hydrogen-bond donors (Lipinski definition) is 0. The Labute approximate surface area is 203 Å². The van der Waals surface area contributed by atoms with Crippen LogP contribution in [0.2, 0.25) is 0 Å². The second-order valence-corrected chi connectivity index (χ2v) is 9.66. The van der Waals surface area contributed by atoms with E-state index >= 15 is 0 Å². The lowest BCUT2D eigenvalue weighted by Gasteiger charge is -2.35. The van der Waals surface area contributed by atoms with Crippen LogP contribution in [-0.4, -0.2) is 32.6 Å². The van der Waals surface area contributed by atoms with Crippen molar-refractivity contribution in [3.05, 3.63) is 93.5 Å². The van der Waals surface area contributed by atoms with Crippen LogP contribution in [0.3, 0.4) is 0 Å². The van der Waals surface area contributed by atoms with Gasteiger partial charge in [-0.05, 0) is 74.3 Å². The van der Waals surface area contributed by atoms with Gasteiger partial charge >= 0.3 is 0 Å². The molecule has 7 heteroatoms. The highest BCUT2D eigenvalue weighted by Gasteiger charge is 2.30. The first-order valence-electron chi connectivity index (χ1n) is 12.4. The van der Waals surface area contributed by atoms with E-state index in [1.54, 1.807) is 24.7 Å². The molecule has 35 heavy (non-hydrogen) atoms. The zero-order chi connectivity index (χ0) is 23.9. The zero-order valence-electron chi connectivity index (χ0n) is 19.8. The lowest BCUT2D eigenvalue weighted by atomic mass is 9.88. The highest BCUT2D eigenvalue weighted by Crippen LogP contribution is 2.35. The van der Waals surface area contributed by atoms with Crippen molar-refractivity contribution in [1.29, 1.82) is 0 Å². The summed E-state index contributed by atoms with van der Waals surface area (Å²) in [5, 5.41) is 0. The zero-order valence-corrected chi connectivity index (χ0v) is 19.8. The van der Waals surface area contributed by atoms with Crippen LogP contribution in [0.4, 0.5) is 10.1 Å². The van der Waals surface area contributed by atoms with Crippen molar-refractivity contribution in [2.75, 3.05) is 18.0 Å². The molecule has 1 atom stereocenters. The van der Waals surface area contributed by atoms with Gasteiger partial charge in [0.25, 0.3) is 5.56 Å². The summed E-state index contributed by atoms with van der Waals surface area (Å²) in [6, 6.07) is 11.1. The van der Waals surface area contributed by atoms with Crippen LogP contribution in [0, 0.1) is 12.7 Å². The van der Waals surface area contributed by atoms with E-state index in [0.717, 1.165) is 54.4 Å². The summed E-state index contributed by atoms with van der Waals surface area (Å²) >= 11 is 0. The standard InChI is InChI=1S/C28H28FN5O/c1-18-5-2-8-22(29)26(18)33-15-10-19(11-16-33)21-17-23-27(32-14-13-30-23)34(28(21)35)24-9-3-6-20-7-4-12-31-25(20)24/h2,4-5,7-8,12-14,17,19,24H,3,6,9-11,15-16H2,1H3/t24-/m0/s1. The Hall–Kier alpha value is -3.61. The van der Waals surface area contributed by atoms with E-state index in [1.165, 1.54) is 11.6 Å². The highest BCUT2D eigenvalue weighted by atomic mass is 19.1. The molecular formula is C28H28FN5O. The number of rotatable bonds is 3. The smallest absolute Gasteiger partial charge is 0.256 e. The number of aryl methyl sites for hydroxylation is 2. The molecule has 178 valence electrons. The fraction of sp³-hybridized carbons (Fsp3) is 0.357. The fourth-order valence-corrected chi connectivity index (χ4v) is 5.93. The SMILES string of the molecule is Cc1cccc(F)c1N1CCC(c2cc3nccnc3n([C@H]3CCCc4cccnc43)c2=O)CC1. The van der Waals surface area contributed by atoms with Crippen molar-refractivity contribution in [2.45, 2.75) is 51.0 Å². The molecule has 4 aromatic rings. The largest absolute Gasteiger partial charge is 0.369 e. The average molecular weight is 470 g/mol. The first-order valence-corrected chi connectivity index (χ1v) is 12.4. The summed E-state index contributed by atoms with van der Waals surface area (Å²) in [5.74, 6) is -0.0921. The van der Waals surface area contributed by atoms with E-state index in [4.69, 9.17) is 0 Å². The molecule has 3 aromatic heterocycles. The molecule has 6 rings (SSSR count). The van der Waals surface area contributed by atoms with Gasteiger partial charge in [0.2, 0.25) is 0 Å². The Morgan fingerprint density at radius 2 is 1.80 bits per heavy atom. The molecule has 4 heterocycles. The predicted molar refractivity (Wildman–Crippen MR) is 134 cm³/mol. The third kappa shape index (κ3) is 3.79. The van der Waals surface area contributed by atoms with Crippen LogP contribution in [0.5, 0.6) is 0 Å². The second-order valence-electron chi connectivity index (χ2n) is 9.66. The van der Waals surface area contributed by atoms with Crippen LogP contribution in [-0.2, 0) is 6.42 Å². The van der Waals surface area contributed by atoms with E-state index in [9.17, 15) is 9.18 Å². The monoisotopic (exact) mass is 469 g/mol. The molecule has 0 bridgehead atoms. The van der Waals surface area contributed by atoms with Gasteiger partial charge in [-0.1, -0.05) is 18.2 Å². The van der Waals surface area contributed by atoms with Gasteiger partial charge in [0, 0.05) is 37.2 Å². The number of fused-ring (bicyclic) bond motifs is 2. The molecule has 1 aromatic carbocycles. The molecule has 1 aliphatic carbocycles. The Balaban J connectivity index is 1.39. The summed E-state index contributed by atoms with van der Waals surface area (Å²) in [6.07, 6.45) is 9.54. The fourth-order valence-electron chi connectivity index (χ4n) is 5.93. The Bertz CT molecular complexity index is 1440. The molecule has 0 amide bonds. The van der Waals surface area contributed by atoms with E-state index in [0.29, 0.717) is 24.4 Å². The van der Waals surface area contributed by atoms with Crippen molar-refractivity contribution < 1.29 is 4.39 Å². The van der Waals surface area contributed by atoms with Crippen LogP contribution in [0.25, 0.3) is 11.2 Å². The minimum atomic E-state index is -0.185. The van der Waals surface area contributed by atoms with Crippen LogP contribution < -0.4 is 10.5 Å². The summed E-state index contributed by atoms with van der Waals surface area (Å²) in [5.41, 5.74) is 5.92. The van der Waals surface area contributed by atoms with Crippen molar-refractivity contribution in [1.82, 2.24) is 19.5 Å². The van der Waals surface area contributed by atoms with Gasteiger partial charge < -0.3 is 4.90 Å². The van der Waals surface area contributed by atoms with Gasteiger partial charge in [0.05, 0.1) is 17.4 Å².